The Morgan fingerprint density at radius 1 is 0.756 bits per heavy atom. The predicted molar refractivity (Wildman–Crippen MR) is 164 cm³/mol. The lowest BCUT2D eigenvalue weighted by atomic mass is 10.2. The number of nitrogens with zero attached hydrogens (tertiary/aromatic N) is 1. The molecular weight excluding hydrogens is 558 g/mol. The second kappa shape index (κ2) is 15.4. The Morgan fingerprint density at radius 2 is 1.17 bits per heavy atom. The monoisotopic (exact) mass is 595 g/mol. The summed E-state index contributed by atoms with van der Waals surface area (Å²) in [6.45, 7) is 9.10. The maximum Gasteiger partial charge on any atom is 0.349 e. The molecule has 0 aliphatic heterocycles. The van der Waals surface area contributed by atoms with Gasteiger partial charge in [-0.1, -0.05) is 88.4 Å². The Morgan fingerprint density at radius 3 is 1.56 bits per heavy atom. The molecular formula is C32H37NO6S2. The summed E-state index contributed by atoms with van der Waals surface area (Å²) in [6.07, 6.45) is 0. The van der Waals surface area contributed by atoms with Crippen molar-refractivity contribution in [3.05, 3.63) is 103 Å². The van der Waals surface area contributed by atoms with E-state index in [-0.39, 0.29) is 10.8 Å². The molecule has 7 nitrogen and oxygen atoms in total. The Bertz CT molecular complexity index is 1400. The Hall–Kier alpha value is -3.66. The average Bonchev–Trinajstić information content (AvgIpc) is 3.61. The zero-order chi connectivity index (χ0) is 29.9. The summed E-state index contributed by atoms with van der Waals surface area (Å²) < 4.78 is 11.5. The van der Waals surface area contributed by atoms with Gasteiger partial charge in [0.25, 0.3) is 5.91 Å². The van der Waals surface area contributed by atoms with Gasteiger partial charge in [-0.3, -0.25) is 9.63 Å². The maximum absolute atomic E-state index is 12.4. The number of hydroxylamine groups is 2. The molecule has 0 unspecified atom stereocenters. The third-order valence-corrected chi connectivity index (χ3v) is 8.80. The molecule has 4 rings (SSSR count). The van der Waals surface area contributed by atoms with Crippen molar-refractivity contribution in [3.63, 3.8) is 0 Å². The zero-order valence-electron chi connectivity index (χ0n) is 24.2. The largest absolute Gasteiger partial charge is 0.487 e. The number of carboxylic acid groups (broad SMARTS) is 1. The van der Waals surface area contributed by atoms with Crippen LogP contribution in [-0.2, 0) is 18.1 Å². The second-order valence-electron chi connectivity index (χ2n) is 9.83. The van der Waals surface area contributed by atoms with Gasteiger partial charge in [-0.25, -0.2) is 9.86 Å². The standard InChI is InChI=1S/C17H21NO3S.C15H16O3S/c1-12(2)15-10-14(16(22-15)17(19)18(3)20-4)21-11-13-8-6-5-7-9-13;1-10(2)13-8-12(14(19-13)15(16)17)18-9-11-6-4-3-5-7-11/h5-10,12H,11H2,1-4H3;3-8,10H,9H2,1-2H3,(H,16,17). The molecule has 218 valence electrons. The molecule has 4 aromatic rings. The van der Waals surface area contributed by atoms with Crippen molar-refractivity contribution >= 4 is 34.6 Å². The number of amides is 1. The minimum atomic E-state index is -0.931. The van der Waals surface area contributed by atoms with Crippen LogP contribution in [-0.4, -0.2) is 36.2 Å². The van der Waals surface area contributed by atoms with Crippen LogP contribution in [0.3, 0.4) is 0 Å². The molecule has 9 heteroatoms. The summed E-state index contributed by atoms with van der Waals surface area (Å²) in [5.74, 6) is 0.606. The van der Waals surface area contributed by atoms with Crippen molar-refractivity contribution in [3.8, 4) is 11.5 Å². The fourth-order valence-corrected chi connectivity index (χ4v) is 5.58. The SMILES string of the molecule is CC(C)c1cc(OCc2ccccc2)c(C(=O)O)s1.CON(C)C(=O)c1sc(C(C)C)cc1OCc1ccccc1. The third kappa shape index (κ3) is 9.18. The van der Waals surface area contributed by atoms with Gasteiger partial charge >= 0.3 is 5.97 Å². The van der Waals surface area contributed by atoms with Crippen LogP contribution >= 0.6 is 22.7 Å². The van der Waals surface area contributed by atoms with Crippen LogP contribution < -0.4 is 9.47 Å². The maximum atomic E-state index is 12.4. The lowest BCUT2D eigenvalue weighted by molar-refractivity contribution is -0.0755. The van der Waals surface area contributed by atoms with E-state index in [4.69, 9.17) is 14.3 Å². The number of ether oxygens (including phenoxy) is 2. The molecule has 0 aliphatic rings. The Labute approximate surface area is 249 Å². The van der Waals surface area contributed by atoms with Gasteiger partial charge in [-0.05, 0) is 35.1 Å². The van der Waals surface area contributed by atoms with E-state index in [2.05, 4.69) is 13.8 Å². The van der Waals surface area contributed by atoms with E-state index in [1.54, 1.807) is 7.05 Å². The van der Waals surface area contributed by atoms with E-state index in [1.807, 2.05) is 86.6 Å². The van der Waals surface area contributed by atoms with Crippen molar-refractivity contribution in [2.24, 2.45) is 0 Å². The molecule has 0 saturated carbocycles. The fraction of sp³-hybridized carbons (Fsp3) is 0.312. The molecule has 0 fully saturated rings. The lowest BCUT2D eigenvalue weighted by Gasteiger charge is -2.13. The molecule has 0 aliphatic carbocycles. The third-order valence-electron chi connectivity index (χ3n) is 5.99. The van der Waals surface area contributed by atoms with Gasteiger partial charge in [0.2, 0.25) is 0 Å². The molecule has 41 heavy (non-hydrogen) atoms. The highest BCUT2D eigenvalue weighted by Crippen LogP contribution is 2.36. The van der Waals surface area contributed by atoms with E-state index >= 15 is 0 Å². The Kier molecular flexibility index (Phi) is 11.9. The highest BCUT2D eigenvalue weighted by atomic mass is 32.1. The molecule has 2 aromatic carbocycles. The smallest absolute Gasteiger partial charge is 0.349 e. The number of hydrogen-bond donors (Lipinski definition) is 1. The first-order valence-electron chi connectivity index (χ1n) is 13.3. The summed E-state index contributed by atoms with van der Waals surface area (Å²) in [6, 6.07) is 23.4. The first-order chi connectivity index (χ1) is 19.6. The molecule has 2 heterocycles. The van der Waals surface area contributed by atoms with Crippen LogP contribution in [0.15, 0.2) is 72.8 Å². The quantitative estimate of drug-likeness (QED) is 0.176. The van der Waals surface area contributed by atoms with Gasteiger partial charge < -0.3 is 14.6 Å². The minimum Gasteiger partial charge on any atom is -0.487 e. The van der Waals surface area contributed by atoms with E-state index in [9.17, 15) is 14.7 Å². The van der Waals surface area contributed by atoms with Crippen LogP contribution in [0.4, 0.5) is 0 Å². The molecule has 0 spiro atoms. The number of thiophene rings is 2. The van der Waals surface area contributed by atoms with E-state index in [0.29, 0.717) is 41.4 Å². The zero-order valence-corrected chi connectivity index (χ0v) is 25.9. The topological polar surface area (TPSA) is 85.3 Å². The van der Waals surface area contributed by atoms with Crippen LogP contribution in [0, 0.1) is 0 Å². The van der Waals surface area contributed by atoms with E-state index in [1.165, 1.54) is 34.8 Å². The molecule has 0 radical (unpaired) electrons. The highest BCUT2D eigenvalue weighted by molar-refractivity contribution is 7.14. The van der Waals surface area contributed by atoms with Gasteiger partial charge in [-0.2, -0.15) is 0 Å². The fourth-order valence-electron chi connectivity index (χ4n) is 3.56. The molecule has 0 saturated heterocycles. The van der Waals surface area contributed by atoms with Crippen LogP contribution in [0.25, 0.3) is 0 Å². The summed E-state index contributed by atoms with van der Waals surface area (Å²) in [7, 11) is 3.07. The first kappa shape index (κ1) is 31.9. The number of carboxylic acids is 1. The van der Waals surface area contributed by atoms with Crippen LogP contribution in [0.2, 0.25) is 0 Å². The molecule has 2 aromatic heterocycles. The van der Waals surface area contributed by atoms with E-state index in [0.717, 1.165) is 20.9 Å². The normalized spacial score (nSPS) is 10.7. The number of hydrogen-bond acceptors (Lipinski definition) is 7. The molecule has 0 atom stereocenters. The molecule has 0 bridgehead atoms. The second-order valence-corrected chi connectivity index (χ2v) is 12.0. The van der Waals surface area contributed by atoms with Gasteiger partial charge in [0, 0.05) is 16.8 Å². The number of benzene rings is 2. The lowest BCUT2D eigenvalue weighted by Crippen LogP contribution is -2.24. The summed E-state index contributed by atoms with van der Waals surface area (Å²) in [4.78, 5) is 31.6. The number of rotatable bonds is 11. The van der Waals surface area contributed by atoms with Gasteiger partial charge in [0.1, 0.15) is 29.6 Å². The van der Waals surface area contributed by atoms with Crippen LogP contribution in [0.5, 0.6) is 11.5 Å². The number of aromatic carboxylic acids is 1. The highest BCUT2D eigenvalue weighted by Gasteiger charge is 2.22. The van der Waals surface area contributed by atoms with Crippen molar-refractivity contribution < 1.29 is 29.0 Å². The molecule has 1 amide bonds. The van der Waals surface area contributed by atoms with Gasteiger partial charge in [0.05, 0.1) is 7.11 Å². The van der Waals surface area contributed by atoms with Crippen molar-refractivity contribution in [1.82, 2.24) is 5.06 Å². The summed E-state index contributed by atoms with van der Waals surface area (Å²) in [5, 5.41) is 10.4. The van der Waals surface area contributed by atoms with Crippen LogP contribution in [0.1, 0.15) is 79.8 Å². The summed E-state index contributed by atoms with van der Waals surface area (Å²) in [5.41, 5.74) is 2.09. The van der Waals surface area contributed by atoms with Crippen molar-refractivity contribution in [2.75, 3.05) is 14.2 Å². The Balaban J connectivity index is 0.000000228. The van der Waals surface area contributed by atoms with E-state index < -0.39 is 5.97 Å². The predicted octanol–water partition coefficient (Wildman–Crippen LogP) is 8.23. The number of carbonyl (C=O) groups excluding carboxylic acids is 1. The molecule has 1 N–H and O–H groups in total. The van der Waals surface area contributed by atoms with Crippen molar-refractivity contribution in [1.29, 1.82) is 0 Å². The van der Waals surface area contributed by atoms with Crippen molar-refractivity contribution in [2.45, 2.75) is 52.7 Å². The first-order valence-corrected chi connectivity index (χ1v) is 14.9. The van der Waals surface area contributed by atoms with Gasteiger partial charge in [-0.15, -0.1) is 22.7 Å². The minimum absolute atomic E-state index is 0.192. The average molecular weight is 596 g/mol. The number of carbonyl (C=O) groups is 2. The summed E-state index contributed by atoms with van der Waals surface area (Å²) >= 11 is 2.74. The van der Waals surface area contributed by atoms with Gasteiger partial charge in [0.15, 0.2) is 4.88 Å².